The molecule has 0 heterocycles. The van der Waals surface area contributed by atoms with E-state index >= 15 is 0 Å². The lowest BCUT2D eigenvalue weighted by molar-refractivity contribution is -0.145. The number of carbonyl (C=O) groups is 3. The molecule has 28 heavy (non-hydrogen) atoms. The molecule has 0 unspecified atom stereocenters. The minimum atomic E-state index is -0.900. The van der Waals surface area contributed by atoms with Crippen LogP contribution >= 0.6 is 11.6 Å². The van der Waals surface area contributed by atoms with Gasteiger partial charge in [-0.25, -0.2) is 4.79 Å². The Hall–Kier alpha value is -2.86. The van der Waals surface area contributed by atoms with Crippen LogP contribution in [0.1, 0.15) is 18.1 Å². The second-order valence-electron chi connectivity index (χ2n) is 6.36. The van der Waals surface area contributed by atoms with Gasteiger partial charge >= 0.3 is 5.97 Å². The zero-order valence-electron chi connectivity index (χ0n) is 15.8. The maximum atomic E-state index is 12.8. The van der Waals surface area contributed by atoms with Crippen molar-refractivity contribution in [3.63, 3.8) is 0 Å². The lowest BCUT2D eigenvalue weighted by Gasteiger charge is -2.22. The van der Waals surface area contributed by atoms with Crippen LogP contribution in [0.5, 0.6) is 0 Å². The van der Waals surface area contributed by atoms with Gasteiger partial charge in [-0.1, -0.05) is 54.1 Å². The summed E-state index contributed by atoms with van der Waals surface area (Å²) in [6, 6.07) is 14.6. The molecule has 7 heteroatoms. The normalized spacial score (nSPS) is 12.5. The van der Waals surface area contributed by atoms with Gasteiger partial charge in [-0.15, -0.1) is 0 Å². The fourth-order valence-corrected chi connectivity index (χ4v) is 3.02. The number of hydrogen-bond acceptors (Lipinski definition) is 4. The summed E-state index contributed by atoms with van der Waals surface area (Å²) in [6.45, 7) is 1.34. The van der Waals surface area contributed by atoms with E-state index in [0.717, 1.165) is 11.1 Å². The number of methoxy groups -OCH3 is 1. The van der Waals surface area contributed by atoms with Crippen LogP contribution in [-0.4, -0.2) is 37.0 Å². The monoisotopic (exact) mass is 402 g/mol. The fraction of sp³-hybridized carbons (Fsp3) is 0.286. The largest absolute Gasteiger partial charge is 0.467 e. The van der Waals surface area contributed by atoms with Gasteiger partial charge < -0.3 is 15.4 Å². The van der Waals surface area contributed by atoms with Crippen molar-refractivity contribution in [1.82, 2.24) is 10.6 Å². The maximum absolute atomic E-state index is 12.8. The molecule has 0 aliphatic carbocycles. The van der Waals surface area contributed by atoms with Crippen LogP contribution in [0.25, 0.3) is 0 Å². The van der Waals surface area contributed by atoms with Crippen LogP contribution in [0.4, 0.5) is 0 Å². The van der Waals surface area contributed by atoms with E-state index < -0.39 is 24.0 Å². The van der Waals surface area contributed by atoms with Gasteiger partial charge in [-0.3, -0.25) is 9.59 Å². The summed E-state index contributed by atoms with van der Waals surface area (Å²) < 4.78 is 4.82. The fourth-order valence-electron chi connectivity index (χ4n) is 2.81. The Morgan fingerprint density at radius 1 is 0.929 bits per heavy atom. The number of halogens is 1. The molecule has 0 fully saturated rings. The Morgan fingerprint density at radius 3 is 2.18 bits per heavy atom. The van der Waals surface area contributed by atoms with Crippen molar-refractivity contribution in [3.05, 3.63) is 70.7 Å². The van der Waals surface area contributed by atoms with Crippen molar-refractivity contribution in [2.45, 2.75) is 31.8 Å². The molecule has 2 amide bonds. The van der Waals surface area contributed by atoms with E-state index in [2.05, 4.69) is 10.6 Å². The number of esters is 1. The van der Waals surface area contributed by atoms with E-state index in [1.807, 2.05) is 36.4 Å². The molecule has 2 aromatic carbocycles. The molecule has 2 N–H and O–H groups in total. The van der Waals surface area contributed by atoms with Gasteiger partial charge in [0.15, 0.2) is 0 Å². The zero-order chi connectivity index (χ0) is 20.5. The van der Waals surface area contributed by atoms with Crippen LogP contribution in [0.15, 0.2) is 54.6 Å². The average molecular weight is 403 g/mol. The van der Waals surface area contributed by atoms with Gasteiger partial charge in [0.05, 0.1) is 7.11 Å². The summed E-state index contributed by atoms with van der Waals surface area (Å²) in [7, 11) is 1.26. The number of nitrogens with one attached hydrogen (secondary N) is 2. The van der Waals surface area contributed by atoms with Crippen LogP contribution in [0.3, 0.4) is 0 Å². The third-order valence-corrected chi connectivity index (χ3v) is 4.34. The summed E-state index contributed by atoms with van der Waals surface area (Å²) in [5, 5.41) is 5.86. The van der Waals surface area contributed by atoms with E-state index in [1.54, 1.807) is 18.2 Å². The highest BCUT2D eigenvalue weighted by atomic mass is 35.5. The number of amides is 2. The van der Waals surface area contributed by atoms with E-state index in [9.17, 15) is 14.4 Å². The van der Waals surface area contributed by atoms with Gasteiger partial charge in [0.2, 0.25) is 11.8 Å². The van der Waals surface area contributed by atoms with Crippen molar-refractivity contribution >= 4 is 29.4 Å². The first kappa shape index (κ1) is 21.4. The summed E-state index contributed by atoms with van der Waals surface area (Å²) in [5.74, 6) is -1.37. The lowest BCUT2D eigenvalue weighted by atomic mass is 10.0. The third kappa shape index (κ3) is 6.70. The number of rotatable bonds is 8. The predicted octanol–water partition coefficient (Wildman–Crippen LogP) is 2.29. The number of ether oxygens (including phenoxy) is 1. The molecule has 2 atom stereocenters. The molecule has 6 nitrogen and oxygen atoms in total. The summed E-state index contributed by atoms with van der Waals surface area (Å²) >= 11 is 5.99. The molecular formula is C21H23ClN2O4. The topological polar surface area (TPSA) is 84.5 Å². The molecule has 2 aromatic rings. The number of carbonyl (C=O) groups excluding carboxylic acids is 3. The van der Waals surface area contributed by atoms with Gasteiger partial charge in [0.1, 0.15) is 12.1 Å². The Balaban J connectivity index is 2.15. The van der Waals surface area contributed by atoms with Crippen LogP contribution in [0.2, 0.25) is 5.02 Å². The molecule has 0 saturated heterocycles. The standard InChI is InChI=1S/C21H23ClN2O4/c1-14(25)23-18(12-15-7-4-3-5-8-15)20(26)24-19(21(27)28-2)13-16-9-6-10-17(22)11-16/h3-11,18-19H,12-13H2,1-2H3,(H,23,25)(H,24,26)/t18-,19-/m0/s1. The summed E-state index contributed by atoms with van der Waals surface area (Å²) in [6.07, 6.45) is 0.522. The van der Waals surface area contributed by atoms with Crippen molar-refractivity contribution < 1.29 is 19.1 Å². The first-order valence-corrected chi connectivity index (χ1v) is 9.20. The Labute approximate surface area is 169 Å². The second-order valence-corrected chi connectivity index (χ2v) is 6.80. The second kappa shape index (κ2) is 10.5. The first-order valence-electron chi connectivity index (χ1n) is 8.82. The molecule has 0 radical (unpaired) electrons. The van der Waals surface area contributed by atoms with Gasteiger partial charge in [-0.2, -0.15) is 0 Å². The van der Waals surface area contributed by atoms with E-state index in [4.69, 9.17) is 16.3 Å². The van der Waals surface area contributed by atoms with Crippen molar-refractivity contribution in [2.75, 3.05) is 7.11 Å². The molecule has 0 aromatic heterocycles. The van der Waals surface area contributed by atoms with E-state index in [1.165, 1.54) is 14.0 Å². The van der Waals surface area contributed by atoms with Crippen molar-refractivity contribution in [1.29, 1.82) is 0 Å². The third-order valence-electron chi connectivity index (χ3n) is 4.11. The molecule has 0 bridgehead atoms. The molecule has 0 aliphatic rings. The lowest BCUT2D eigenvalue weighted by Crippen LogP contribution is -2.53. The smallest absolute Gasteiger partial charge is 0.328 e. The SMILES string of the molecule is COC(=O)[C@H](Cc1cccc(Cl)c1)NC(=O)[C@H](Cc1ccccc1)NC(C)=O. The number of benzene rings is 2. The highest BCUT2D eigenvalue weighted by molar-refractivity contribution is 6.30. The molecule has 0 saturated carbocycles. The van der Waals surface area contributed by atoms with E-state index in [-0.39, 0.29) is 12.3 Å². The van der Waals surface area contributed by atoms with Crippen molar-refractivity contribution in [2.24, 2.45) is 0 Å². The van der Waals surface area contributed by atoms with E-state index in [0.29, 0.717) is 11.4 Å². The molecule has 0 aliphatic heterocycles. The molecule has 148 valence electrons. The summed E-state index contributed by atoms with van der Waals surface area (Å²) in [5.41, 5.74) is 1.67. The van der Waals surface area contributed by atoms with Gasteiger partial charge in [0, 0.05) is 24.8 Å². The average Bonchev–Trinajstić information content (AvgIpc) is 2.66. The minimum Gasteiger partial charge on any atom is -0.467 e. The Bertz CT molecular complexity index is 826. The first-order chi connectivity index (χ1) is 13.4. The summed E-state index contributed by atoms with van der Waals surface area (Å²) in [4.78, 5) is 36.5. The number of hydrogen-bond donors (Lipinski definition) is 2. The quantitative estimate of drug-likeness (QED) is 0.663. The Kier molecular flexibility index (Phi) is 8.02. The minimum absolute atomic E-state index is 0.219. The van der Waals surface area contributed by atoms with Crippen molar-refractivity contribution in [3.8, 4) is 0 Å². The highest BCUT2D eigenvalue weighted by Gasteiger charge is 2.27. The van der Waals surface area contributed by atoms with Gasteiger partial charge in [0.25, 0.3) is 0 Å². The molecular weight excluding hydrogens is 380 g/mol. The maximum Gasteiger partial charge on any atom is 0.328 e. The Morgan fingerprint density at radius 2 is 1.57 bits per heavy atom. The van der Waals surface area contributed by atoms with Gasteiger partial charge in [-0.05, 0) is 23.3 Å². The highest BCUT2D eigenvalue weighted by Crippen LogP contribution is 2.13. The molecule has 2 rings (SSSR count). The van der Waals surface area contributed by atoms with Crippen LogP contribution < -0.4 is 10.6 Å². The molecule has 0 spiro atoms. The van der Waals surface area contributed by atoms with Crippen LogP contribution in [-0.2, 0) is 32.0 Å². The predicted molar refractivity (Wildman–Crippen MR) is 107 cm³/mol. The van der Waals surface area contributed by atoms with Crippen LogP contribution in [0, 0.1) is 0 Å². The zero-order valence-corrected chi connectivity index (χ0v) is 16.5.